The van der Waals surface area contributed by atoms with Gasteiger partial charge in [0.05, 0.1) is 28.8 Å². The maximum atomic E-state index is 12.7. The van der Waals surface area contributed by atoms with E-state index in [-0.39, 0.29) is 16.8 Å². The van der Waals surface area contributed by atoms with Crippen molar-refractivity contribution in [2.75, 3.05) is 12.4 Å². The van der Waals surface area contributed by atoms with Gasteiger partial charge in [-0.25, -0.2) is 4.68 Å². The van der Waals surface area contributed by atoms with Crippen LogP contribution < -0.4 is 15.6 Å². The van der Waals surface area contributed by atoms with Gasteiger partial charge < -0.3 is 10.1 Å². The van der Waals surface area contributed by atoms with Crippen molar-refractivity contribution in [3.63, 3.8) is 0 Å². The van der Waals surface area contributed by atoms with Crippen molar-refractivity contribution >= 4 is 28.1 Å². The topological polar surface area (TPSA) is 116 Å². The quantitative estimate of drug-likeness (QED) is 0.381. The number of nitrogens with zero attached hydrogens (tertiary/aromatic N) is 3. The van der Waals surface area contributed by atoms with Crippen molar-refractivity contribution in [3.05, 3.63) is 92.8 Å². The fourth-order valence-corrected chi connectivity index (χ4v) is 3.39. The van der Waals surface area contributed by atoms with E-state index in [0.29, 0.717) is 33.5 Å². The number of methoxy groups -OCH3 is 1. The molecule has 1 N–H and O–H groups in total. The van der Waals surface area contributed by atoms with E-state index < -0.39 is 10.8 Å². The van der Waals surface area contributed by atoms with Crippen molar-refractivity contribution in [1.82, 2.24) is 9.78 Å². The molecule has 0 unspecified atom stereocenters. The number of carbonyl (C=O) groups is 1. The van der Waals surface area contributed by atoms with Crippen LogP contribution in [0.15, 0.2) is 71.5 Å². The van der Waals surface area contributed by atoms with Gasteiger partial charge in [-0.3, -0.25) is 19.7 Å². The van der Waals surface area contributed by atoms with Gasteiger partial charge in [-0.2, -0.15) is 5.10 Å². The molecule has 0 radical (unpaired) electrons. The molecule has 0 aliphatic rings. The maximum Gasteiger partial charge on any atom is 0.274 e. The fourth-order valence-electron chi connectivity index (χ4n) is 3.39. The van der Waals surface area contributed by atoms with E-state index in [2.05, 4.69) is 10.4 Å². The maximum absolute atomic E-state index is 12.7. The minimum Gasteiger partial charge on any atom is -0.495 e. The third kappa shape index (κ3) is 3.79. The molecule has 0 aliphatic carbocycles. The van der Waals surface area contributed by atoms with Crippen LogP contribution in [0.3, 0.4) is 0 Å². The van der Waals surface area contributed by atoms with E-state index in [1.807, 2.05) is 12.1 Å². The van der Waals surface area contributed by atoms with Gasteiger partial charge in [0.2, 0.25) is 0 Å². The Kier molecular flexibility index (Phi) is 5.38. The lowest BCUT2D eigenvalue weighted by Crippen LogP contribution is -2.20. The number of fused-ring (bicyclic) bond motifs is 1. The lowest BCUT2D eigenvalue weighted by molar-refractivity contribution is -0.384. The number of aromatic nitrogens is 2. The molecule has 0 atom stereocenters. The van der Waals surface area contributed by atoms with Crippen LogP contribution in [0, 0.1) is 10.1 Å². The number of hydrogen-bond acceptors (Lipinski definition) is 6. The van der Waals surface area contributed by atoms with Gasteiger partial charge in [-0.1, -0.05) is 18.2 Å². The first-order valence-corrected chi connectivity index (χ1v) is 9.59. The molecule has 0 fully saturated rings. The third-order valence-corrected chi connectivity index (χ3v) is 5.02. The summed E-state index contributed by atoms with van der Waals surface area (Å²) >= 11 is 0. The minimum atomic E-state index is -0.529. The van der Waals surface area contributed by atoms with Gasteiger partial charge in [-0.15, -0.1) is 0 Å². The Labute approximate surface area is 182 Å². The average Bonchev–Trinajstić information content (AvgIpc) is 2.81. The number of non-ortho nitro benzene ring substituents is 1. The highest BCUT2D eigenvalue weighted by Crippen LogP contribution is 2.32. The summed E-state index contributed by atoms with van der Waals surface area (Å²) in [5, 5.41) is 19.2. The SMILES string of the molecule is COc1ccc(-c2nn(C)c(=O)c3ccccc23)cc1NC(=O)c1ccc([N+](=O)[O-])cc1. The van der Waals surface area contributed by atoms with E-state index in [0.717, 1.165) is 0 Å². The zero-order valence-electron chi connectivity index (χ0n) is 17.2. The monoisotopic (exact) mass is 430 g/mol. The van der Waals surface area contributed by atoms with E-state index in [9.17, 15) is 19.7 Å². The Morgan fingerprint density at radius 2 is 1.75 bits per heavy atom. The van der Waals surface area contributed by atoms with Crippen molar-refractivity contribution in [2.24, 2.45) is 7.05 Å². The number of nitro groups is 1. The number of amides is 1. The lowest BCUT2D eigenvalue weighted by Gasteiger charge is -2.13. The molecule has 0 aliphatic heterocycles. The van der Waals surface area contributed by atoms with E-state index in [4.69, 9.17) is 4.74 Å². The van der Waals surface area contributed by atoms with Crippen LogP contribution in [-0.2, 0) is 7.05 Å². The molecule has 9 nitrogen and oxygen atoms in total. The molecule has 1 amide bonds. The second kappa shape index (κ2) is 8.31. The fraction of sp³-hybridized carbons (Fsp3) is 0.0870. The summed E-state index contributed by atoms with van der Waals surface area (Å²) < 4.78 is 6.65. The Morgan fingerprint density at radius 3 is 2.41 bits per heavy atom. The number of anilines is 1. The van der Waals surface area contributed by atoms with Crippen LogP contribution in [0.25, 0.3) is 22.0 Å². The molecule has 160 valence electrons. The standard InChI is InChI=1S/C23H18N4O5/c1-26-23(29)18-6-4-3-5-17(18)21(25-26)15-9-12-20(32-2)19(13-15)24-22(28)14-7-10-16(11-8-14)27(30)31/h3-13H,1-2H3,(H,24,28). The number of aryl methyl sites for hydroxylation is 1. The molecule has 9 heteroatoms. The number of hydrogen-bond donors (Lipinski definition) is 1. The number of nitrogens with one attached hydrogen (secondary N) is 1. The van der Waals surface area contributed by atoms with E-state index in [1.54, 1.807) is 37.4 Å². The normalized spacial score (nSPS) is 10.7. The first kappa shape index (κ1) is 20.7. The highest BCUT2D eigenvalue weighted by molar-refractivity contribution is 6.05. The molecular formula is C23H18N4O5. The average molecular weight is 430 g/mol. The predicted octanol–water partition coefficient (Wildman–Crippen LogP) is 3.77. The van der Waals surface area contributed by atoms with Crippen molar-refractivity contribution in [2.45, 2.75) is 0 Å². The van der Waals surface area contributed by atoms with Gasteiger partial charge in [0.1, 0.15) is 5.75 Å². The van der Waals surface area contributed by atoms with Gasteiger partial charge >= 0.3 is 0 Å². The van der Waals surface area contributed by atoms with Crippen LogP contribution in [0.2, 0.25) is 0 Å². The smallest absolute Gasteiger partial charge is 0.274 e. The van der Waals surface area contributed by atoms with E-state index >= 15 is 0 Å². The molecule has 3 aromatic carbocycles. The van der Waals surface area contributed by atoms with Crippen molar-refractivity contribution < 1.29 is 14.5 Å². The number of benzene rings is 3. The summed E-state index contributed by atoms with van der Waals surface area (Å²) in [5.41, 5.74) is 1.60. The Bertz CT molecular complexity index is 1410. The van der Waals surface area contributed by atoms with Gasteiger partial charge in [0, 0.05) is 35.7 Å². The summed E-state index contributed by atoms with van der Waals surface area (Å²) in [7, 11) is 3.06. The third-order valence-electron chi connectivity index (χ3n) is 5.02. The summed E-state index contributed by atoms with van der Waals surface area (Å²) in [6, 6.07) is 17.7. The van der Waals surface area contributed by atoms with Crippen LogP contribution in [0.1, 0.15) is 10.4 Å². The number of carbonyl (C=O) groups excluding carboxylic acids is 1. The molecule has 0 saturated heterocycles. The summed E-state index contributed by atoms with van der Waals surface area (Å²) in [6.07, 6.45) is 0. The zero-order chi connectivity index (χ0) is 22.8. The first-order chi connectivity index (χ1) is 15.4. The van der Waals surface area contributed by atoms with Gasteiger partial charge in [0.25, 0.3) is 17.2 Å². The molecule has 1 heterocycles. The number of ether oxygens (including phenoxy) is 1. The number of rotatable bonds is 5. The zero-order valence-corrected chi connectivity index (χ0v) is 17.2. The van der Waals surface area contributed by atoms with Crippen LogP contribution in [0.4, 0.5) is 11.4 Å². The highest BCUT2D eigenvalue weighted by Gasteiger charge is 2.16. The summed E-state index contributed by atoms with van der Waals surface area (Å²) in [6.45, 7) is 0. The molecule has 32 heavy (non-hydrogen) atoms. The van der Waals surface area contributed by atoms with Gasteiger partial charge in [-0.05, 0) is 36.4 Å². The van der Waals surface area contributed by atoms with Gasteiger partial charge in [0.15, 0.2) is 0 Å². The second-order valence-corrected chi connectivity index (χ2v) is 7.00. The predicted molar refractivity (Wildman–Crippen MR) is 120 cm³/mol. The summed E-state index contributed by atoms with van der Waals surface area (Å²) in [5.74, 6) is -0.0215. The highest BCUT2D eigenvalue weighted by atomic mass is 16.6. The van der Waals surface area contributed by atoms with Crippen molar-refractivity contribution in [1.29, 1.82) is 0 Å². The Balaban J connectivity index is 1.75. The minimum absolute atomic E-state index is 0.103. The largest absolute Gasteiger partial charge is 0.495 e. The Hall–Kier alpha value is -4.53. The van der Waals surface area contributed by atoms with Crippen LogP contribution >= 0.6 is 0 Å². The van der Waals surface area contributed by atoms with E-state index in [1.165, 1.54) is 36.1 Å². The first-order valence-electron chi connectivity index (χ1n) is 9.59. The van der Waals surface area contributed by atoms with Crippen LogP contribution in [-0.4, -0.2) is 27.7 Å². The molecule has 4 aromatic rings. The molecule has 4 rings (SSSR count). The molecule has 0 bridgehead atoms. The Morgan fingerprint density at radius 1 is 1.06 bits per heavy atom. The van der Waals surface area contributed by atoms with Crippen molar-refractivity contribution in [3.8, 4) is 17.0 Å². The summed E-state index contributed by atoms with van der Waals surface area (Å²) in [4.78, 5) is 35.5. The molecule has 1 aromatic heterocycles. The molecular weight excluding hydrogens is 412 g/mol. The lowest BCUT2D eigenvalue weighted by atomic mass is 10.0. The number of nitro benzene ring substituents is 1. The molecule has 0 saturated carbocycles. The molecule has 0 spiro atoms. The van der Waals surface area contributed by atoms with Crippen LogP contribution in [0.5, 0.6) is 5.75 Å². The second-order valence-electron chi connectivity index (χ2n) is 7.00.